The number of azo groups is 1. The molecular weight excluding hydrogens is 224 g/mol. The van der Waals surface area contributed by atoms with Crippen molar-refractivity contribution in [2.45, 2.75) is 13.5 Å². The molecule has 0 bridgehead atoms. The molecule has 0 atom stereocenters. The molecule has 0 N–H and O–H groups in total. The lowest BCUT2D eigenvalue weighted by Gasteiger charge is -1.97. The molecular formula is C11H11ClN4. The highest BCUT2D eigenvalue weighted by Gasteiger charge is 1.97. The van der Waals surface area contributed by atoms with Gasteiger partial charge in [-0.2, -0.15) is 0 Å². The lowest BCUT2D eigenvalue weighted by molar-refractivity contribution is 0.758. The van der Waals surface area contributed by atoms with Gasteiger partial charge in [-0.15, -0.1) is 10.2 Å². The molecule has 0 saturated carbocycles. The Bertz CT molecular complexity index is 487. The maximum Gasteiger partial charge on any atom is 0.249 e. The molecule has 0 amide bonds. The maximum atomic E-state index is 5.77. The van der Waals surface area contributed by atoms with Crippen molar-refractivity contribution < 1.29 is 0 Å². The molecule has 82 valence electrons. The second kappa shape index (κ2) is 4.90. The predicted molar refractivity (Wildman–Crippen MR) is 63.5 cm³/mol. The summed E-state index contributed by atoms with van der Waals surface area (Å²) in [5.41, 5.74) is 0.759. The molecule has 1 heterocycles. The Kier molecular flexibility index (Phi) is 3.31. The Hall–Kier alpha value is -1.68. The first-order valence-corrected chi connectivity index (χ1v) is 5.36. The summed E-state index contributed by atoms with van der Waals surface area (Å²) in [5.74, 6) is 0.609. The third kappa shape index (κ3) is 2.46. The van der Waals surface area contributed by atoms with Crippen LogP contribution >= 0.6 is 11.6 Å². The average Bonchev–Trinajstić information content (AvgIpc) is 2.76. The fourth-order valence-corrected chi connectivity index (χ4v) is 1.39. The Morgan fingerprint density at radius 1 is 1.25 bits per heavy atom. The Labute approximate surface area is 98.6 Å². The van der Waals surface area contributed by atoms with E-state index in [0.29, 0.717) is 11.0 Å². The molecule has 0 unspecified atom stereocenters. The average molecular weight is 235 g/mol. The molecule has 2 aromatic rings. The van der Waals surface area contributed by atoms with Gasteiger partial charge in [-0.05, 0) is 31.2 Å². The standard InChI is InChI=1S/C11H11ClN4/c1-2-16-8-7-13-11(16)15-14-10-5-3-9(12)4-6-10/h3-8H,2H2,1H3. The van der Waals surface area contributed by atoms with Gasteiger partial charge in [0.1, 0.15) is 0 Å². The quantitative estimate of drug-likeness (QED) is 0.741. The predicted octanol–water partition coefficient (Wildman–Crippen LogP) is 3.97. The monoisotopic (exact) mass is 234 g/mol. The molecule has 0 aliphatic heterocycles. The zero-order chi connectivity index (χ0) is 11.4. The van der Waals surface area contributed by atoms with Crippen molar-refractivity contribution in [3.63, 3.8) is 0 Å². The maximum absolute atomic E-state index is 5.77. The summed E-state index contributed by atoms with van der Waals surface area (Å²) in [6.07, 6.45) is 3.58. The van der Waals surface area contributed by atoms with Crippen molar-refractivity contribution in [2.24, 2.45) is 10.2 Å². The molecule has 1 aromatic carbocycles. The number of halogens is 1. The summed E-state index contributed by atoms with van der Waals surface area (Å²) < 4.78 is 1.92. The Balaban J connectivity index is 2.18. The van der Waals surface area contributed by atoms with Gasteiger partial charge in [0.2, 0.25) is 5.95 Å². The number of hydrogen-bond acceptors (Lipinski definition) is 3. The van der Waals surface area contributed by atoms with E-state index in [2.05, 4.69) is 15.2 Å². The van der Waals surface area contributed by atoms with Crippen LogP contribution in [0.5, 0.6) is 0 Å². The third-order valence-electron chi connectivity index (χ3n) is 2.12. The number of rotatable bonds is 3. The molecule has 1 aromatic heterocycles. The molecule has 0 fully saturated rings. The summed E-state index contributed by atoms with van der Waals surface area (Å²) in [6, 6.07) is 7.18. The van der Waals surface area contributed by atoms with Crippen LogP contribution in [0.1, 0.15) is 6.92 Å². The largest absolute Gasteiger partial charge is 0.315 e. The van der Waals surface area contributed by atoms with Gasteiger partial charge in [0.15, 0.2) is 0 Å². The van der Waals surface area contributed by atoms with Gasteiger partial charge in [-0.25, -0.2) is 4.98 Å². The van der Waals surface area contributed by atoms with Crippen LogP contribution in [-0.4, -0.2) is 9.55 Å². The van der Waals surface area contributed by atoms with Gasteiger partial charge in [0, 0.05) is 24.0 Å². The summed E-state index contributed by atoms with van der Waals surface area (Å²) >= 11 is 5.77. The molecule has 16 heavy (non-hydrogen) atoms. The van der Waals surface area contributed by atoms with Gasteiger partial charge >= 0.3 is 0 Å². The number of aromatic nitrogens is 2. The smallest absolute Gasteiger partial charge is 0.249 e. The van der Waals surface area contributed by atoms with E-state index in [4.69, 9.17) is 11.6 Å². The molecule has 0 saturated heterocycles. The number of benzene rings is 1. The highest BCUT2D eigenvalue weighted by Crippen LogP contribution is 2.19. The first kappa shape index (κ1) is 10.8. The normalized spacial score (nSPS) is 11.1. The highest BCUT2D eigenvalue weighted by atomic mass is 35.5. The fourth-order valence-electron chi connectivity index (χ4n) is 1.26. The van der Waals surface area contributed by atoms with Gasteiger partial charge in [-0.3, -0.25) is 0 Å². The van der Waals surface area contributed by atoms with E-state index < -0.39 is 0 Å². The molecule has 0 radical (unpaired) electrons. The van der Waals surface area contributed by atoms with Crippen LogP contribution in [0.4, 0.5) is 11.6 Å². The Morgan fingerprint density at radius 2 is 2.00 bits per heavy atom. The lowest BCUT2D eigenvalue weighted by atomic mass is 10.3. The molecule has 4 nitrogen and oxygen atoms in total. The summed E-state index contributed by atoms with van der Waals surface area (Å²) in [7, 11) is 0. The van der Waals surface area contributed by atoms with Crippen molar-refractivity contribution in [3.8, 4) is 0 Å². The zero-order valence-electron chi connectivity index (χ0n) is 8.84. The van der Waals surface area contributed by atoms with Gasteiger partial charge in [0.25, 0.3) is 0 Å². The molecule has 2 rings (SSSR count). The van der Waals surface area contributed by atoms with Crippen LogP contribution in [0.15, 0.2) is 46.9 Å². The second-order valence-electron chi connectivity index (χ2n) is 3.19. The first-order valence-electron chi connectivity index (χ1n) is 4.98. The van der Waals surface area contributed by atoms with Gasteiger partial charge < -0.3 is 4.57 Å². The van der Waals surface area contributed by atoms with E-state index in [-0.39, 0.29) is 0 Å². The van der Waals surface area contributed by atoms with E-state index in [1.54, 1.807) is 18.3 Å². The summed E-state index contributed by atoms with van der Waals surface area (Å²) in [4.78, 5) is 4.10. The second-order valence-corrected chi connectivity index (χ2v) is 3.63. The van der Waals surface area contributed by atoms with E-state index >= 15 is 0 Å². The van der Waals surface area contributed by atoms with Crippen LogP contribution in [0, 0.1) is 0 Å². The minimum atomic E-state index is 0.609. The van der Waals surface area contributed by atoms with E-state index in [1.807, 2.05) is 29.8 Å². The molecule has 5 heteroatoms. The lowest BCUT2D eigenvalue weighted by Crippen LogP contribution is -1.89. The first-order chi connectivity index (χ1) is 7.79. The number of nitrogens with zero attached hydrogens (tertiary/aromatic N) is 4. The third-order valence-corrected chi connectivity index (χ3v) is 2.37. The van der Waals surface area contributed by atoms with Crippen LogP contribution < -0.4 is 0 Å². The molecule has 0 aliphatic carbocycles. The topological polar surface area (TPSA) is 42.5 Å². The molecule has 0 spiro atoms. The van der Waals surface area contributed by atoms with E-state index in [9.17, 15) is 0 Å². The molecule has 0 aliphatic rings. The summed E-state index contributed by atoms with van der Waals surface area (Å²) in [6.45, 7) is 2.86. The SMILES string of the molecule is CCn1ccnc1N=Nc1ccc(Cl)cc1. The van der Waals surface area contributed by atoms with Crippen molar-refractivity contribution in [1.82, 2.24) is 9.55 Å². The van der Waals surface area contributed by atoms with Crippen molar-refractivity contribution >= 4 is 23.2 Å². The fraction of sp³-hybridized carbons (Fsp3) is 0.182. The van der Waals surface area contributed by atoms with Crippen LogP contribution in [-0.2, 0) is 6.54 Å². The highest BCUT2D eigenvalue weighted by molar-refractivity contribution is 6.30. The van der Waals surface area contributed by atoms with Crippen molar-refractivity contribution in [3.05, 3.63) is 41.7 Å². The number of imidazole rings is 1. The van der Waals surface area contributed by atoms with Crippen LogP contribution in [0.3, 0.4) is 0 Å². The summed E-state index contributed by atoms with van der Waals surface area (Å²) in [5, 5.41) is 8.84. The van der Waals surface area contributed by atoms with E-state index in [0.717, 1.165) is 12.2 Å². The zero-order valence-corrected chi connectivity index (χ0v) is 9.59. The minimum Gasteiger partial charge on any atom is -0.315 e. The van der Waals surface area contributed by atoms with Crippen LogP contribution in [0.2, 0.25) is 5.02 Å². The van der Waals surface area contributed by atoms with Gasteiger partial charge in [-0.1, -0.05) is 11.6 Å². The van der Waals surface area contributed by atoms with Crippen molar-refractivity contribution in [2.75, 3.05) is 0 Å². The minimum absolute atomic E-state index is 0.609. The number of hydrogen-bond donors (Lipinski definition) is 0. The van der Waals surface area contributed by atoms with Crippen LogP contribution in [0.25, 0.3) is 0 Å². The number of aryl methyl sites for hydroxylation is 1. The van der Waals surface area contributed by atoms with Gasteiger partial charge in [0.05, 0.1) is 5.69 Å². The Morgan fingerprint density at radius 3 is 2.69 bits per heavy atom. The van der Waals surface area contributed by atoms with Crippen molar-refractivity contribution in [1.29, 1.82) is 0 Å². The van der Waals surface area contributed by atoms with E-state index in [1.165, 1.54) is 0 Å².